The maximum Gasteiger partial charge on any atom is 0.0360 e. The van der Waals surface area contributed by atoms with Gasteiger partial charge in [0.15, 0.2) is 0 Å². The minimum absolute atomic E-state index is 0.445. The van der Waals surface area contributed by atoms with Gasteiger partial charge in [-0.15, -0.1) is 11.6 Å². The molecule has 1 aliphatic heterocycles. The van der Waals surface area contributed by atoms with Gasteiger partial charge in [-0.05, 0) is 32.2 Å². The molecule has 0 amide bonds. The highest BCUT2D eigenvalue weighted by atomic mass is 35.5. The van der Waals surface area contributed by atoms with Crippen molar-refractivity contribution in [2.45, 2.75) is 18.2 Å². The van der Waals surface area contributed by atoms with Crippen LogP contribution in [0, 0.1) is 0 Å². The second-order valence-electron chi connectivity index (χ2n) is 3.01. The minimum atomic E-state index is 0.445. The summed E-state index contributed by atoms with van der Waals surface area (Å²) in [4.78, 5) is 2.51. The standard InChI is InChI=1S/C8H16ClNS/c1-11-7-6-10-4-2-8(9)3-5-10/h8H,2-7H2,1H3. The van der Waals surface area contributed by atoms with Crippen molar-refractivity contribution in [3.8, 4) is 0 Å². The normalized spacial score (nSPS) is 22.4. The number of hydrogen-bond donors (Lipinski definition) is 0. The first-order valence-corrected chi connectivity index (χ1v) is 6.01. The van der Waals surface area contributed by atoms with Crippen LogP contribution < -0.4 is 0 Å². The van der Waals surface area contributed by atoms with Crippen LogP contribution >= 0.6 is 23.4 Å². The molecule has 0 aromatic carbocycles. The van der Waals surface area contributed by atoms with E-state index in [-0.39, 0.29) is 0 Å². The zero-order valence-corrected chi connectivity index (χ0v) is 8.63. The maximum absolute atomic E-state index is 5.98. The summed E-state index contributed by atoms with van der Waals surface area (Å²) in [6.07, 6.45) is 4.51. The molecule has 11 heavy (non-hydrogen) atoms. The lowest BCUT2D eigenvalue weighted by atomic mass is 10.1. The molecule has 0 radical (unpaired) electrons. The van der Waals surface area contributed by atoms with Crippen molar-refractivity contribution in [2.75, 3.05) is 31.6 Å². The predicted octanol–water partition coefficient (Wildman–Crippen LogP) is 2.05. The molecule has 1 saturated heterocycles. The predicted molar refractivity (Wildman–Crippen MR) is 53.7 cm³/mol. The summed E-state index contributed by atoms with van der Waals surface area (Å²) in [6.45, 7) is 3.65. The number of piperidine rings is 1. The minimum Gasteiger partial charge on any atom is -0.302 e. The summed E-state index contributed by atoms with van der Waals surface area (Å²) >= 11 is 7.91. The van der Waals surface area contributed by atoms with E-state index in [1.54, 1.807) is 0 Å². The highest BCUT2D eigenvalue weighted by Gasteiger charge is 2.15. The van der Waals surface area contributed by atoms with Crippen LogP contribution in [-0.2, 0) is 0 Å². The van der Waals surface area contributed by atoms with Crippen molar-refractivity contribution in [1.29, 1.82) is 0 Å². The second kappa shape index (κ2) is 5.28. The summed E-state index contributed by atoms with van der Waals surface area (Å²) in [7, 11) is 0. The molecule has 0 N–H and O–H groups in total. The molecule has 0 unspecified atom stereocenters. The Bertz CT molecular complexity index is 99.5. The molecule has 1 aliphatic rings. The summed E-state index contributed by atoms with van der Waals surface area (Å²) < 4.78 is 0. The maximum atomic E-state index is 5.98. The highest BCUT2D eigenvalue weighted by molar-refractivity contribution is 7.98. The number of hydrogen-bond acceptors (Lipinski definition) is 2. The van der Waals surface area contributed by atoms with Gasteiger partial charge in [-0.25, -0.2) is 0 Å². The Morgan fingerprint density at radius 2 is 2.09 bits per heavy atom. The van der Waals surface area contributed by atoms with Crippen molar-refractivity contribution in [3.63, 3.8) is 0 Å². The number of rotatable bonds is 3. The van der Waals surface area contributed by atoms with Crippen molar-refractivity contribution in [1.82, 2.24) is 4.90 Å². The number of alkyl halides is 1. The molecule has 0 saturated carbocycles. The molecular weight excluding hydrogens is 178 g/mol. The molecule has 0 spiro atoms. The van der Waals surface area contributed by atoms with E-state index in [4.69, 9.17) is 11.6 Å². The number of likely N-dealkylation sites (tertiary alicyclic amines) is 1. The number of halogens is 1. The van der Waals surface area contributed by atoms with Crippen LogP contribution in [0.1, 0.15) is 12.8 Å². The van der Waals surface area contributed by atoms with Gasteiger partial charge in [-0.2, -0.15) is 11.8 Å². The molecule has 0 aromatic heterocycles. The quantitative estimate of drug-likeness (QED) is 0.632. The summed E-state index contributed by atoms with van der Waals surface area (Å²) in [6, 6.07) is 0. The first-order valence-electron chi connectivity index (χ1n) is 4.18. The molecule has 66 valence electrons. The first-order chi connectivity index (χ1) is 5.33. The van der Waals surface area contributed by atoms with Gasteiger partial charge in [0.05, 0.1) is 0 Å². The molecular formula is C8H16ClNS. The monoisotopic (exact) mass is 193 g/mol. The third-order valence-corrected chi connectivity index (χ3v) is 3.16. The van der Waals surface area contributed by atoms with Crippen molar-refractivity contribution >= 4 is 23.4 Å². The van der Waals surface area contributed by atoms with Crippen LogP contribution in [0.25, 0.3) is 0 Å². The van der Waals surface area contributed by atoms with Crippen LogP contribution in [0.2, 0.25) is 0 Å². The van der Waals surface area contributed by atoms with Crippen LogP contribution in [0.4, 0.5) is 0 Å². The molecule has 0 aromatic rings. The van der Waals surface area contributed by atoms with E-state index < -0.39 is 0 Å². The van der Waals surface area contributed by atoms with E-state index in [0.717, 1.165) is 0 Å². The molecule has 1 heterocycles. The van der Waals surface area contributed by atoms with Gasteiger partial charge in [0.25, 0.3) is 0 Å². The molecule has 0 bridgehead atoms. The van der Waals surface area contributed by atoms with Gasteiger partial charge < -0.3 is 4.90 Å². The van der Waals surface area contributed by atoms with Gasteiger partial charge in [0.1, 0.15) is 0 Å². The van der Waals surface area contributed by atoms with Crippen LogP contribution in [0.15, 0.2) is 0 Å². The van der Waals surface area contributed by atoms with Crippen molar-refractivity contribution in [3.05, 3.63) is 0 Å². The van der Waals surface area contributed by atoms with E-state index in [2.05, 4.69) is 11.2 Å². The summed E-state index contributed by atoms with van der Waals surface area (Å²) in [5, 5.41) is 0.445. The fraction of sp³-hybridized carbons (Fsp3) is 1.00. The molecule has 1 nitrogen and oxygen atoms in total. The Kier molecular flexibility index (Phi) is 4.65. The molecule has 1 rings (SSSR count). The molecule has 1 fully saturated rings. The van der Waals surface area contributed by atoms with E-state index >= 15 is 0 Å². The Labute approximate surface area is 78.5 Å². The third-order valence-electron chi connectivity index (χ3n) is 2.13. The summed E-state index contributed by atoms with van der Waals surface area (Å²) in [5.74, 6) is 1.26. The summed E-state index contributed by atoms with van der Waals surface area (Å²) in [5.41, 5.74) is 0. The lowest BCUT2D eigenvalue weighted by Crippen LogP contribution is -2.35. The Balaban J connectivity index is 2.07. The Hall–Kier alpha value is 0.600. The Morgan fingerprint density at radius 3 is 2.64 bits per heavy atom. The topological polar surface area (TPSA) is 3.24 Å². The zero-order chi connectivity index (χ0) is 8.10. The van der Waals surface area contributed by atoms with Gasteiger partial charge in [0, 0.05) is 17.7 Å². The molecule has 0 aliphatic carbocycles. The van der Waals surface area contributed by atoms with E-state index in [1.165, 1.54) is 38.2 Å². The SMILES string of the molecule is CSCCN1CCC(Cl)CC1. The van der Waals surface area contributed by atoms with E-state index in [1.807, 2.05) is 11.8 Å². The third kappa shape index (κ3) is 3.68. The van der Waals surface area contributed by atoms with Gasteiger partial charge in [-0.3, -0.25) is 0 Å². The zero-order valence-electron chi connectivity index (χ0n) is 7.05. The Morgan fingerprint density at radius 1 is 1.45 bits per heavy atom. The lowest BCUT2D eigenvalue weighted by Gasteiger charge is -2.28. The van der Waals surface area contributed by atoms with E-state index in [0.29, 0.717) is 5.38 Å². The van der Waals surface area contributed by atoms with Crippen LogP contribution in [0.3, 0.4) is 0 Å². The fourth-order valence-corrected chi connectivity index (χ4v) is 1.98. The second-order valence-corrected chi connectivity index (χ2v) is 4.61. The van der Waals surface area contributed by atoms with E-state index in [9.17, 15) is 0 Å². The van der Waals surface area contributed by atoms with Crippen LogP contribution in [-0.4, -0.2) is 41.9 Å². The largest absolute Gasteiger partial charge is 0.302 e. The van der Waals surface area contributed by atoms with Crippen LogP contribution in [0.5, 0.6) is 0 Å². The molecule has 0 atom stereocenters. The average Bonchev–Trinajstić information content (AvgIpc) is 2.04. The average molecular weight is 194 g/mol. The van der Waals surface area contributed by atoms with Gasteiger partial charge in [0.2, 0.25) is 0 Å². The fourth-order valence-electron chi connectivity index (χ4n) is 1.35. The van der Waals surface area contributed by atoms with Gasteiger partial charge in [-0.1, -0.05) is 0 Å². The number of thioether (sulfide) groups is 1. The lowest BCUT2D eigenvalue weighted by molar-refractivity contribution is 0.245. The van der Waals surface area contributed by atoms with Crippen molar-refractivity contribution < 1.29 is 0 Å². The van der Waals surface area contributed by atoms with Crippen molar-refractivity contribution in [2.24, 2.45) is 0 Å². The first kappa shape index (κ1) is 9.69. The smallest absolute Gasteiger partial charge is 0.0360 e. The van der Waals surface area contributed by atoms with Gasteiger partial charge >= 0.3 is 0 Å². The number of nitrogens with zero attached hydrogens (tertiary/aromatic N) is 1. The highest BCUT2D eigenvalue weighted by Crippen LogP contribution is 2.15. The molecule has 3 heteroatoms.